The molecule has 0 saturated carbocycles. The van der Waals surface area contributed by atoms with E-state index in [9.17, 15) is 14.9 Å². The first-order valence-corrected chi connectivity index (χ1v) is 9.11. The van der Waals surface area contributed by atoms with Gasteiger partial charge in [0.15, 0.2) is 17.2 Å². The predicted octanol–water partition coefficient (Wildman–Crippen LogP) is 3.67. The molecular weight excluding hydrogens is 390 g/mol. The van der Waals surface area contributed by atoms with Gasteiger partial charge >= 0.3 is 5.69 Å². The van der Waals surface area contributed by atoms with Crippen LogP contribution in [0.4, 0.5) is 5.69 Å². The number of ether oxygens (including phenoxy) is 1. The average molecular weight is 404 g/mol. The highest BCUT2D eigenvalue weighted by Crippen LogP contribution is 2.25. The number of nitro benzene ring substituents is 1. The summed E-state index contributed by atoms with van der Waals surface area (Å²) in [6.45, 7) is 0.0785. The Morgan fingerprint density at radius 3 is 2.74 bits per heavy atom. The van der Waals surface area contributed by atoms with E-state index in [1.165, 1.54) is 29.5 Å². The van der Waals surface area contributed by atoms with Gasteiger partial charge in [-0.1, -0.05) is 41.9 Å². The summed E-state index contributed by atoms with van der Waals surface area (Å²) in [5, 5.41) is 13.4. The summed E-state index contributed by atoms with van der Waals surface area (Å²) in [6, 6.07) is 13.3. The minimum Gasteiger partial charge on any atom is -0.477 e. The van der Waals surface area contributed by atoms with Crippen molar-refractivity contribution in [3.8, 4) is 5.75 Å². The molecule has 0 aliphatic heterocycles. The molecule has 0 atom stereocenters. The van der Waals surface area contributed by atoms with Crippen molar-refractivity contribution in [2.24, 2.45) is 4.99 Å². The Kier molecular flexibility index (Phi) is 6.00. The molecule has 0 N–H and O–H groups in total. The maximum atomic E-state index is 12.1. The van der Waals surface area contributed by atoms with E-state index in [-0.39, 0.29) is 11.4 Å². The normalized spacial score (nSPS) is 11.4. The lowest BCUT2D eigenvalue weighted by Gasteiger charge is -2.06. The molecule has 0 saturated heterocycles. The molecule has 1 heterocycles. The van der Waals surface area contributed by atoms with Crippen molar-refractivity contribution in [1.29, 1.82) is 0 Å². The summed E-state index contributed by atoms with van der Waals surface area (Å²) >= 11 is 7.48. The molecule has 0 aliphatic carbocycles. The van der Waals surface area contributed by atoms with Crippen LogP contribution >= 0.6 is 22.9 Å². The Labute approximate surface area is 163 Å². The van der Waals surface area contributed by atoms with Crippen molar-refractivity contribution in [3.05, 3.63) is 85.6 Å². The van der Waals surface area contributed by atoms with Gasteiger partial charge in [-0.3, -0.25) is 14.9 Å². The largest absolute Gasteiger partial charge is 0.477 e. The number of nitro groups is 1. The Morgan fingerprint density at radius 1 is 1.22 bits per heavy atom. The van der Waals surface area contributed by atoms with Gasteiger partial charge in [-0.15, -0.1) is 11.3 Å². The van der Waals surface area contributed by atoms with Gasteiger partial charge in [0.2, 0.25) is 0 Å². The molecule has 27 heavy (non-hydrogen) atoms. The van der Waals surface area contributed by atoms with Crippen LogP contribution in [0.1, 0.15) is 5.56 Å². The second-order valence-corrected chi connectivity index (χ2v) is 6.70. The van der Waals surface area contributed by atoms with Gasteiger partial charge in [0, 0.05) is 22.7 Å². The summed E-state index contributed by atoms with van der Waals surface area (Å²) in [6.07, 6.45) is 1.81. The summed E-state index contributed by atoms with van der Waals surface area (Å²) in [4.78, 5) is 27.1. The fraction of sp³-hybridized carbons (Fsp3) is 0.111. The van der Waals surface area contributed by atoms with E-state index in [1.807, 2.05) is 29.8 Å². The molecule has 0 unspecified atom stereocenters. The molecule has 0 radical (unpaired) electrons. The van der Waals surface area contributed by atoms with Crippen molar-refractivity contribution < 1.29 is 14.5 Å². The monoisotopic (exact) mass is 403 g/mol. The van der Waals surface area contributed by atoms with Crippen LogP contribution in [0, 0.1) is 10.1 Å². The lowest BCUT2D eigenvalue weighted by molar-refractivity contribution is -0.385. The van der Waals surface area contributed by atoms with Crippen molar-refractivity contribution in [1.82, 2.24) is 4.57 Å². The molecule has 0 aliphatic rings. The van der Waals surface area contributed by atoms with Crippen LogP contribution in [-0.2, 0) is 11.3 Å². The van der Waals surface area contributed by atoms with Gasteiger partial charge in [0.05, 0.1) is 11.5 Å². The number of nitrogens with zero attached hydrogens (tertiary/aromatic N) is 3. The Balaban J connectivity index is 1.73. The van der Waals surface area contributed by atoms with Gasteiger partial charge in [-0.05, 0) is 17.7 Å². The standard InChI is InChI=1S/C18H14ClN3O4S/c19-14-6-2-1-5-13(14)11-21-9-10-27-18(21)20-17(23)12-26-16-8-4-3-7-15(16)22(24)25/h1-10H,11-12H2. The molecule has 1 amide bonds. The molecule has 3 aromatic rings. The molecule has 138 valence electrons. The number of carbonyl (C=O) groups excluding carboxylic acids is 1. The zero-order valence-corrected chi connectivity index (χ0v) is 15.5. The number of hydrogen-bond acceptors (Lipinski definition) is 5. The number of aromatic nitrogens is 1. The molecule has 3 rings (SSSR count). The molecule has 0 spiro atoms. The second kappa shape index (κ2) is 8.61. The third-order valence-electron chi connectivity index (χ3n) is 3.59. The number of halogens is 1. The van der Waals surface area contributed by atoms with Crippen molar-refractivity contribution in [3.63, 3.8) is 0 Å². The topological polar surface area (TPSA) is 86.7 Å². The molecule has 9 heteroatoms. The van der Waals surface area contributed by atoms with E-state index in [0.717, 1.165) is 5.56 Å². The van der Waals surface area contributed by atoms with E-state index in [0.29, 0.717) is 16.4 Å². The van der Waals surface area contributed by atoms with Crippen LogP contribution in [0.2, 0.25) is 5.02 Å². The first-order valence-electron chi connectivity index (χ1n) is 7.85. The summed E-state index contributed by atoms with van der Waals surface area (Å²) in [5.41, 5.74) is 0.706. The van der Waals surface area contributed by atoms with Gasteiger partial charge in [-0.25, -0.2) is 0 Å². The fourth-order valence-electron chi connectivity index (χ4n) is 2.33. The number of hydrogen-bond donors (Lipinski definition) is 0. The Morgan fingerprint density at radius 2 is 1.96 bits per heavy atom. The zero-order valence-electron chi connectivity index (χ0n) is 13.9. The number of benzene rings is 2. The lowest BCUT2D eigenvalue weighted by Crippen LogP contribution is -2.19. The van der Waals surface area contributed by atoms with Gasteiger partial charge in [0.25, 0.3) is 5.91 Å². The van der Waals surface area contributed by atoms with E-state index in [4.69, 9.17) is 16.3 Å². The van der Waals surface area contributed by atoms with Gasteiger partial charge < -0.3 is 9.30 Å². The minimum absolute atomic E-state index is 0.0289. The minimum atomic E-state index is -0.562. The van der Waals surface area contributed by atoms with Crippen molar-refractivity contribution in [2.75, 3.05) is 6.61 Å². The highest BCUT2D eigenvalue weighted by Gasteiger charge is 2.14. The SMILES string of the molecule is O=C(COc1ccccc1[N+](=O)[O-])N=c1sccn1Cc1ccccc1Cl. The van der Waals surface area contributed by atoms with Crippen molar-refractivity contribution in [2.45, 2.75) is 6.54 Å². The molecule has 0 fully saturated rings. The molecule has 2 aromatic carbocycles. The summed E-state index contributed by atoms with van der Waals surface area (Å²) < 4.78 is 7.08. The van der Waals surface area contributed by atoms with Crippen LogP contribution in [-0.4, -0.2) is 22.0 Å². The molecular formula is C18H14ClN3O4S. The number of rotatable bonds is 6. The second-order valence-electron chi connectivity index (χ2n) is 5.42. The number of carbonyl (C=O) groups is 1. The van der Waals surface area contributed by atoms with Crippen LogP contribution in [0.5, 0.6) is 5.75 Å². The van der Waals surface area contributed by atoms with Crippen LogP contribution in [0.25, 0.3) is 0 Å². The third-order valence-corrected chi connectivity index (χ3v) is 4.76. The quantitative estimate of drug-likeness (QED) is 0.464. The van der Waals surface area contributed by atoms with Crippen molar-refractivity contribution >= 4 is 34.5 Å². The first kappa shape index (κ1) is 18.8. The number of para-hydroxylation sites is 2. The van der Waals surface area contributed by atoms with Crippen LogP contribution in [0.3, 0.4) is 0 Å². The Bertz CT molecular complexity index is 1040. The molecule has 7 nitrogen and oxygen atoms in total. The number of thiazole rings is 1. The first-order chi connectivity index (χ1) is 13.0. The maximum absolute atomic E-state index is 12.1. The average Bonchev–Trinajstić information content (AvgIpc) is 3.08. The van der Waals surface area contributed by atoms with E-state index in [1.54, 1.807) is 16.7 Å². The highest BCUT2D eigenvalue weighted by atomic mass is 35.5. The zero-order chi connectivity index (χ0) is 19.2. The third kappa shape index (κ3) is 4.81. The van der Waals surface area contributed by atoms with E-state index >= 15 is 0 Å². The highest BCUT2D eigenvalue weighted by molar-refractivity contribution is 7.07. The smallest absolute Gasteiger partial charge is 0.310 e. The van der Waals surface area contributed by atoms with E-state index in [2.05, 4.69) is 4.99 Å². The molecule has 1 aromatic heterocycles. The van der Waals surface area contributed by atoms with Gasteiger partial charge in [-0.2, -0.15) is 4.99 Å². The predicted molar refractivity (Wildman–Crippen MR) is 102 cm³/mol. The van der Waals surface area contributed by atoms with E-state index < -0.39 is 17.4 Å². The number of amides is 1. The van der Waals surface area contributed by atoms with Gasteiger partial charge in [0.1, 0.15) is 0 Å². The summed E-state index contributed by atoms with van der Waals surface area (Å²) in [5.74, 6) is -0.510. The maximum Gasteiger partial charge on any atom is 0.310 e. The Hall–Kier alpha value is -2.97. The lowest BCUT2D eigenvalue weighted by atomic mass is 10.2. The molecule has 0 bridgehead atoms. The van der Waals surface area contributed by atoms with Crippen LogP contribution in [0.15, 0.2) is 65.1 Å². The summed E-state index contributed by atoms with van der Waals surface area (Å²) in [7, 11) is 0. The fourth-order valence-corrected chi connectivity index (χ4v) is 3.27. The van der Waals surface area contributed by atoms with Crippen LogP contribution < -0.4 is 9.54 Å².